The van der Waals surface area contributed by atoms with Gasteiger partial charge in [-0.3, -0.25) is 0 Å². The van der Waals surface area contributed by atoms with E-state index in [9.17, 15) is 0 Å². The summed E-state index contributed by atoms with van der Waals surface area (Å²) in [4.78, 5) is 8.32. The van der Waals surface area contributed by atoms with Gasteiger partial charge in [-0.05, 0) is 62.7 Å². The summed E-state index contributed by atoms with van der Waals surface area (Å²) in [5.41, 5.74) is 3.04. The first-order valence-electron chi connectivity index (χ1n) is 8.99. The van der Waals surface area contributed by atoms with Crippen LogP contribution in [0.1, 0.15) is 38.8 Å². The normalized spacial score (nSPS) is 16.4. The van der Waals surface area contributed by atoms with Crippen LogP contribution in [0.4, 0.5) is 11.4 Å². The van der Waals surface area contributed by atoms with E-state index >= 15 is 0 Å². The van der Waals surface area contributed by atoms with Gasteiger partial charge in [0, 0.05) is 34.4 Å². The highest BCUT2D eigenvalue weighted by Crippen LogP contribution is 2.41. The van der Waals surface area contributed by atoms with E-state index in [2.05, 4.69) is 43.0 Å². The first-order valence-corrected chi connectivity index (χ1v) is 9.75. The van der Waals surface area contributed by atoms with Crippen LogP contribution in [-0.4, -0.2) is 13.1 Å². The molecule has 1 atom stereocenters. The van der Waals surface area contributed by atoms with E-state index in [4.69, 9.17) is 28.0 Å². The molecule has 1 aliphatic heterocycles. The SMILES string of the molecule is CCCN(CC)c1ccc(N2OC(C)=CC2c2c(Cl)cccc2Cl)cc1. The lowest BCUT2D eigenvalue weighted by Gasteiger charge is -2.28. The van der Waals surface area contributed by atoms with Crippen LogP contribution in [0.15, 0.2) is 54.3 Å². The third-order valence-electron chi connectivity index (χ3n) is 4.53. The zero-order valence-corrected chi connectivity index (χ0v) is 16.9. The van der Waals surface area contributed by atoms with Crippen LogP contribution < -0.4 is 9.96 Å². The fraction of sp³-hybridized carbons (Fsp3) is 0.333. The molecular formula is C21H24Cl2N2O. The number of hydroxylamine groups is 1. The maximum absolute atomic E-state index is 6.43. The predicted octanol–water partition coefficient (Wildman–Crippen LogP) is 6.63. The van der Waals surface area contributed by atoms with E-state index < -0.39 is 0 Å². The van der Waals surface area contributed by atoms with Crippen LogP contribution in [0.5, 0.6) is 0 Å². The lowest BCUT2D eigenvalue weighted by atomic mass is 10.1. The summed E-state index contributed by atoms with van der Waals surface area (Å²) in [6.45, 7) is 8.35. The summed E-state index contributed by atoms with van der Waals surface area (Å²) in [6.07, 6.45) is 3.16. The second-order valence-corrected chi connectivity index (χ2v) is 7.19. The Balaban J connectivity index is 1.91. The van der Waals surface area contributed by atoms with Crippen molar-refractivity contribution in [2.24, 2.45) is 0 Å². The Kier molecular flexibility index (Phi) is 6.00. The molecule has 3 nitrogen and oxygen atoms in total. The molecule has 2 aromatic rings. The van der Waals surface area contributed by atoms with Gasteiger partial charge < -0.3 is 9.74 Å². The van der Waals surface area contributed by atoms with Gasteiger partial charge in [-0.1, -0.05) is 36.2 Å². The van der Waals surface area contributed by atoms with Crippen molar-refractivity contribution in [2.45, 2.75) is 33.2 Å². The quantitative estimate of drug-likeness (QED) is 0.550. The number of benzene rings is 2. The summed E-state index contributed by atoms with van der Waals surface area (Å²) >= 11 is 12.9. The van der Waals surface area contributed by atoms with Crippen molar-refractivity contribution in [1.82, 2.24) is 0 Å². The maximum Gasteiger partial charge on any atom is 0.127 e. The molecule has 0 aliphatic carbocycles. The number of halogens is 2. The van der Waals surface area contributed by atoms with Gasteiger partial charge in [-0.25, -0.2) is 0 Å². The zero-order chi connectivity index (χ0) is 18.7. The second-order valence-electron chi connectivity index (χ2n) is 6.37. The van der Waals surface area contributed by atoms with Crippen molar-refractivity contribution in [3.05, 3.63) is 69.9 Å². The van der Waals surface area contributed by atoms with Crippen LogP contribution in [0.2, 0.25) is 10.0 Å². The minimum atomic E-state index is -0.153. The molecule has 5 heteroatoms. The topological polar surface area (TPSA) is 15.7 Å². The van der Waals surface area contributed by atoms with Gasteiger partial charge in [0.1, 0.15) is 11.8 Å². The van der Waals surface area contributed by atoms with E-state index in [0.717, 1.165) is 36.5 Å². The molecule has 26 heavy (non-hydrogen) atoms. The van der Waals surface area contributed by atoms with Gasteiger partial charge in [-0.2, -0.15) is 5.06 Å². The highest BCUT2D eigenvalue weighted by molar-refractivity contribution is 6.36. The third kappa shape index (κ3) is 3.79. The van der Waals surface area contributed by atoms with Crippen LogP contribution in [0.3, 0.4) is 0 Å². The number of anilines is 2. The number of rotatable bonds is 6. The van der Waals surface area contributed by atoms with Crippen molar-refractivity contribution in [3.63, 3.8) is 0 Å². The monoisotopic (exact) mass is 390 g/mol. The predicted molar refractivity (Wildman–Crippen MR) is 111 cm³/mol. The van der Waals surface area contributed by atoms with E-state index in [1.165, 1.54) is 5.69 Å². The molecule has 0 amide bonds. The highest BCUT2D eigenvalue weighted by Gasteiger charge is 2.30. The maximum atomic E-state index is 6.43. The number of nitrogens with zero attached hydrogens (tertiary/aromatic N) is 2. The molecule has 0 bridgehead atoms. The second kappa shape index (κ2) is 8.24. The van der Waals surface area contributed by atoms with Crippen LogP contribution in [0, 0.1) is 0 Å². The lowest BCUT2D eigenvalue weighted by molar-refractivity contribution is 0.196. The van der Waals surface area contributed by atoms with Gasteiger partial charge in [0.25, 0.3) is 0 Å². The van der Waals surface area contributed by atoms with Crippen molar-refractivity contribution in [3.8, 4) is 0 Å². The molecule has 0 radical (unpaired) electrons. The van der Waals surface area contributed by atoms with Gasteiger partial charge in [0.05, 0.1) is 5.69 Å². The van der Waals surface area contributed by atoms with E-state index in [-0.39, 0.29) is 6.04 Å². The lowest BCUT2D eigenvalue weighted by Crippen LogP contribution is -2.24. The Labute approximate surface area is 165 Å². The molecule has 1 aliphatic rings. The molecule has 0 aromatic heterocycles. The summed E-state index contributed by atoms with van der Waals surface area (Å²) < 4.78 is 0. The average Bonchev–Trinajstić information content (AvgIpc) is 3.01. The fourth-order valence-corrected chi connectivity index (χ4v) is 3.91. The molecule has 3 rings (SSSR count). The van der Waals surface area contributed by atoms with Crippen molar-refractivity contribution in [2.75, 3.05) is 23.1 Å². The fourth-order valence-electron chi connectivity index (χ4n) is 3.29. The van der Waals surface area contributed by atoms with Gasteiger partial charge in [-0.15, -0.1) is 0 Å². The summed E-state index contributed by atoms with van der Waals surface area (Å²) in [6, 6.07) is 13.8. The summed E-state index contributed by atoms with van der Waals surface area (Å²) in [7, 11) is 0. The summed E-state index contributed by atoms with van der Waals surface area (Å²) in [5, 5.41) is 3.14. The Morgan fingerprint density at radius 3 is 2.27 bits per heavy atom. The van der Waals surface area contributed by atoms with Gasteiger partial charge in [0.15, 0.2) is 0 Å². The minimum Gasteiger partial charge on any atom is -0.384 e. The van der Waals surface area contributed by atoms with E-state index in [1.807, 2.05) is 36.3 Å². The highest BCUT2D eigenvalue weighted by atomic mass is 35.5. The summed E-state index contributed by atoms with van der Waals surface area (Å²) in [5.74, 6) is 0.830. The Bertz CT molecular complexity index is 769. The molecule has 138 valence electrons. The zero-order valence-electron chi connectivity index (χ0n) is 15.4. The minimum absolute atomic E-state index is 0.153. The van der Waals surface area contributed by atoms with Crippen LogP contribution in [-0.2, 0) is 4.84 Å². The number of allylic oxidation sites excluding steroid dienone is 1. The first-order chi connectivity index (χ1) is 12.5. The molecular weight excluding hydrogens is 367 g/mol. The molecule has 0 saturated heterocycles. The van der Waals surface area contributed by atoms with E-state index in [1.54, 1.807) is 0 Å². The molecule has 1 heterocycles. The molecule has 0 N–H and O–H groups in total. The largest absolute Gasteiger partial charge is 0.384 e. The smallest absolute Gasteiger partial charge is 0.127 e. The van der Waals surface area contributed by atoms with Crippen molar-refractivity contribution < 1.29 is 4.84 Å². The Morgan fingerprint density at radius 2 is 1.69 bits per heavy atom. The van der Waals surface area contributed by atoms with Crippen LogP contribution >= 0.6 is 23.2 Å². The Hall–Kier alpha value is -1.84. The molecule has 0 fully saturated rings. The van der Waals surface area contributed by atoms with Crippen molar-refractivity contribution >= 4 is 34.6 Å². The van der Waals surface area contributed by atoms with Crippen molar-refractivity contribution in [1.29, 1.82) is 0 Å². The van der Waals surface area contributed by atoms with Gasteiger partial charge in [0.2, 0.25) is 0 Å². The molecule has 2 aromatic carbocycles. The average molecular weight is 391 g/mol. The van der Waals surface area contributed by atoms with Gasteiger partial charge >= 0.3 is 0 Å². The molecule has 1 unspecified atom stereocenters. The third-order valence-corrected chi connectivity index (χ3v) is 5.19. The van der Waals surface area contributed by atoms with E-state index in [0.29, 0.717) is 10.0 Å². The number of hydrogen-bond donors (Lipinski definition) is 0. The molecule has 0 spiro atoms. The standard InChI is InChI=1S/C21H24Cl2N2O/c1-4-13-24(5-2)16-9-11-17(12-10-16)25-20(14-15(3)26-25)21-18(22)7-6-8-19(21)23/h6-12,14,20H,4-5,13H2,1-3H3. The first kappa shape index (κ1) is 18.9. The number of hydrogen-bond acceptors (Lipinski definition) is 3. The molecule has 0 saturated carbocycles. The Morgan fingerprint density at radius 1 is 1.04 bits per heavy atom. The van der Waals surface area contributed by atoms with Crippen LogP contribution in [0.25, 0.3) is 0 Å².